The van der Waals surface area contributed by atoms with Crippen molar-refractivity contribution in [3.63, 3.8) is 0 Å². The minimum absolute atomic E-state index is 0.166. The van der Waals surface area contributed by atoms with Gasteiger partial charge < -0.3 is 28.4 Å². The van der Waals surface area contributed by atoms with E-state index >= 15 is 0 Å². The van der Waals surface area contributed by atoms with Crippen molar-refractivity contribution in [1.82, 2.24) is 0 Å². The Labute approximate surface area is 426 Å². The summed E-state index contributed by atoms with van der Waals surface area (Å²) in [5, 5.41) is -0.611. The van der Waals surface area contributed by atoms with Crippen LogP contribution in [0.4, 0.5) is 0 Å². The molecule has 3 rings (SSSR count). The van der Waals surface area contributed by atoms with Crippen molar-refractivity contribution in [2.75, 3.05) is 26.4 Å². The predicted molar refractivity (Wildman–Crippen MR) is 291 cm³/mol. The third kappa shape index (κ3) is 29.4. The summed E-state index contributed by atoms with van der Waals surface area (Å²) in [4.78, 5) is 12.8. The molecule has 0 saturated heterocycles. The van der Waals surface area contributed by atoms with Crippen molar-refractivity contribution >= 4 is 16.8 Å². The lowest BCUT2D eigenvalue weighted by Crippen LogP contribution is -2.06. The van der Waals surface area contributed by atoms with Crippen molar-refractivity contribution in [2.45, 2.75) is 246 Å². The van der Waals surface area contributed by atoms with Gasteiger partial charge in [-0.15, -0.1) is 0 Å². The van der Waals surface area contributed by atoms with Crippen molar-refractivity contribution in [1.29, 1.82) is 0 Å². The van der Waals surface area contributed by atoms with E-state index in [9.17, 15) is 4.79 Å². The molecular formula is C61H97ClO7. The number of carbonyl (C=O) groups excluding carboxylic acids is 1. The Bertz CT molecular complexity index is 1630. The molecule has 0 aliphatic rings. The van der Waals surface area contributed by atoms with Gasteiger partial charge in [0.05, 0.1) is 32.0 Å². The maximum atomic E-state index is 12.8. The van der Waals surface area contributed by atoms with Crippen LogP contribution in [0.3, 0.4) is 0 Å². The molecule has 69 heavy (non-hydrogen) atoms. The Kier molecular flexibility index (Phi) is 35.6. The van der Waals surface area contributed by atoms with Gasteiger partial charge in [-0.1, -0.05) is 214 Å². The fourth-order valence-electron chi connectivity index (χ4n) is 8.71. The summed E-state index contributed by atoms with van der Waals surface area (Å²) in [7, 11) is 0. The molecule has 0 bridgehead atoms. The topological polar surface area (TPSA) is 72.5 Å². The van der Waals surface area contributed by atoms with Crippen LogP contribution in [-0.2, 0) is 13.2 Å². The lowest BCUT2D eigenvalue weighted by Gasteiger charge is -2.17. The fourth-order valence-corrected chi connectivity index (χ4v) is 8.86. The summed E-state index contributed by atoms with van der Waals surface area (Å²) in [5.41, 5.74) is 2.03. The van der Waals surface area contributed by atoms with E-state index in [1.54, 1.807) is 12.1 Å². The lowest BCUT2D eigenvalue weighted by molar-refractivity contribution is 0.107. The number of benzene rings is 3. The van der Waals surface area contributed by atoms with Gasteiger partial charge in [-0.25, -0.2) is 0 Å². The molecule has 8 heteroatoms. The van der Waals surface area contributed by atoms with Crippen LogP contribution in [0.2, 0.25) is 0 Å². The first-order chi connectivity index (χ1) is 34.0. The minimum atomic E-state index is -0.611. The summed E-state index contributed by atoms with van der Waals surface area (Å²) in [6, 6.07) is 17.3. The van der Waals surface area contributed by atoms with Crippen LogP contribution in [0.25, 0.3) is 0 Å². The molecule has 0 N–H and O–H groups in total. The van der Waals surface area contributed by atoms with Gasteiger partial charge in [0.15, 0.2) is 11.5 Å². The van der Waals surface area contributed by atoms with Crippen molar-refractivity contribution < 1.29 is 33.2 Å². The Morgan fingerprint density at radius 1 is 0.362 bits per heavy atom. The van der Waals surface area contributed by atoms with Crippen LogP contribution in [0, 0.1) is 0 Å². The maximum Gasteiger partial charge on any atom is 0.256 e. The Morgan fingerprint density at radius 3 is 0.957 bits per heavy atom. The zero-order chi connectivity index (χ0) is 49.3. The van der Waals surface area contributed by atoms with E-state index in [1.165, 1.54) is 167 Å². The molecule has 0 aliphatic carbocycles. The van der Waals surface area contributed by atoms with E-state index in [4.69, 9.17) is 40.0 Å². The standard InChI is InChI=1S/C61H97ClO7/c1-5-9-13-17-21-25-29-33-40-64-54-44-52(45-55(48-54)65-41-34-30-26-22-18-14-10-6-2)50-68-59-39-37-38-58(61(62)63)60(59)69-51-53-46-56(66-42-35-31-27-23-19-15-11-7-3)49-57(47-53)67-43-36-32-28-24-20-16-12-8-4/h37-39,44-49H,5-36,40-43,50-51H2,1-4H3. The third-order valence-corrected chi connectivity index (χ3v) is 13.1. The van der Waals surface area contributed by atoms with Crippen LogP contribution in [0.5, 0.6) is 34.5 Å². The average molecular weight is 978 g/mol. The second-order valence-corrected chi connectivity index (χ2v) is 19.7. The summed E-state index contributed by atoms with van der Waals surface area (Å²) >= 11 is 6.19. The number of halogens is 1. The van der Waals surface area contributed by atoms with Crippen molar-refractivity contribution in [2.24, 2.45) is 0 Å². The molecule has 0 unspecified atom stereocenters. The van der Waals surface area contributed by atoms with Crippen LogP contribution < -0.4 is 28.4 Å². The summed E-state index contributed by atoms with van der Waals surface area (Å²) < 4.78 is 38.3. The summed E-state index contributed by atoms with van der Waals surface area (Å²) in [6.45, 7) is 12.0. The number of rotatable bonds is 47. The van der Waals surface area contributed by atoms with E-state index in [-0.39, 0.29) is 18.8 Å². The average Bonchev–Trinajstić information content (AvgIpc) is 3.35. The maximum absolute atomic E-state index is 12.8. The zero-order valence-electron chi connectivity index (χ0n) is 44.3. The lowest BCUT2D eigenvalue weighted by atomic mass is 10.1. The molecule has 0 heterocycles. The predicted octanol–water partition coefficient (Wildman–Crippen LogP) is 19.3. The van der Waals surface area contributed by atoms with E-state index < -0.39 is 5.24 Å². The molecule has 0 atom stereocenters. The Hall–Kier alpha value is -3.58. The van der Waals surface area contributed by atoms with Gasteiger partial charge in [0, 0.05) is 12.1 Å². The molecule has 0 aromatic heterocycles. The molecule has 3 aromatic carbocycles. The van der Waals surface area contributed by atoms with E-state index in [2.05, 4.69) is 27.7 Å². The van der Waals surface area contributed by atoms with Crippen LogP contribution in [-0.4, -0.2) is 31.7 Å². The van der Waals surface area contributed by atoms with Crippen LogP contribution in [0.1, 0.15) is 255 Å². The number of hydrogen-bond donors (Lipinski definition) is 0. The molecular weight excluding hydrogens is 880 g/mol. The minimum Gasteiger partial charge on any atom is -0.493 e. The largest absolute Gasteiger partial charge is 0.493 e. The number of ether oxygens (including phenoxy) is 6. The van der Waals surface area contributed by atoms with Crippen LogP contribution in [0.15, 0.2) is 54.6 Å². The van der Waals surface area contributed by atoms with E-state index in [1.807, 2.05) is 42.5 Å². The highest BCUT2D eigenvalue weighted by Crippen LogP contribution is 2.35. The van der Waals surface area contributed by atoms with Gasteiger partial charge in [0.25, 0.3) is 5.24 Å². The number of para-hydroxylation sites is 1. The highest BCUT2D eigenvalue weighted by Gasteiger charge is 2.18. The number of unbranched alkanes of at least 4 members (excludes halogenated alkanes) is 28. The monoisotopic (exact) mass is 977 g/mol. The molecule has 0 spiro atoms. The van der Waals surface area contributed by atoms with Gasteiger partial charge in [0.2, 0.25) is 0 Å². The van der Waals surface area contributed by atoms with E-state index in [0.29, 0.717) is 37.9 Å². The normalized spacial score (nSPS) is 11.2. The molecule has 3 aromatic rings. The number of carbonyl (C=O) groups is 1. The van der Waals surface area contributed by atoms with Gasteiger partial charge in [-0.05, 0) is 84.8 Å². The molecule has 0 amide bonds. The smallest absolute Gasteiger partial charge is 0.256 e. The quantitative estimate of drug-likeness (QED) is 0.0412. The highest BCUT2D eigenvalue weighted by atomic mass is 35.5. The van der Waals surface area contributed by atoms with Gasteiger partial charge in [-0.3, -0.25) is 4.79 Å². The van der Waals surface area contributed by atoms with Crippen LogP contribution >= 0.6 is 11.6 Å². The second kappa shape index (κ2) is 41.1. The molecule has 7 nitrogen and oxygen atoms in total. The molecule has 390 valence electrons. The van der Waals surface area contributed by atoms with Crippen molar-refractivity contribution in [3.8, 4) is 34.5 Å². The third-order valence-electron chi connectivity index (χ3n) is 12.9. The highest BCUT2D eigenvalue weighted by molar-refractivity contribution is 6.68. The fraction of sp³-hybridized carbons (Fsp3) is 0.689. The zero-order valence-corrected chi connectivity index (χ0v) is 45.1. The second-order valence-electron chi connectivity index (χ2n) is 19.4. The first-order valence-electron chi connectivity index (χ1n) is 28.3. The Morgan fingerprint density at radius 2 is 0.652 bits per heavy atom. The van der Waals surface area contributed by atoms with Gasteiger partial charge >= 0.3 is 0 Å². The summed E-state index contributed by atoms with van der Waals surface area (Å²) in [6.07, 6.45) is 39.9. The summed E-state index contributed by atoms with van der Waals surface area (Å²) in [5.74, 6) is 3.80. The SMILES string of the molecule is CCCCCCCCCCOc1cc(COc2cccc(C(=O)Cl)c2OCc2cc(OCCCCCCCCCC)cc(OCCCCCCCCCC)c2)cc(OCCCCCCCCCC)c1. The van der Waals surface area contributed by atoms with E-state index in [0.717, 1.165) is 72.6 Å². The first-order valence-corrected chi connectivity index (χ1v) is 28.7. The molecule has 0 aliphatic heterocycles. The number of hydrogen-bond acceptors (Lipinski definition) is 7. The first kappa shape index (κ1) is 59.7. The van der Waals surface area contributed by atoms with Gasteiger partial charge in [0.1, 0.15) is 36.2 Å². The molecule has 0 fully saturated rings. The molecule has 0 saturated carbocycles. The Balaban J connectivity index is 1.70. The van der Waals surface area contributed by atoms with Crippen molar-refractivity contribution in [3.05, 3.63) is 71.3 Å². The molecule has 0 radical (unpaired) electrons. The van der Waals surface area contributed by atoms with Gasteiger partial charge in [-0.2, -0.15) is 0 Å².